The number of amides is 1. The SMILES string of the molecule is NC(=O)[C@H](Nc1ncnc2c1oc1ccccc12)[C@@H]1CCOC1. The number of furan rings is 1. The van der Waals surface area contributed by atoms with Gasteiger partial charge in [-0.05, 0) is 18.6 Å². The predicted octanol–water partition coefficient (Wildman–Crippen LogP) is 1.68. The molecule has 1 aromatic carbocycles. The number of ether oxygens (including phenoxy) is 1. The lowest BCUT2D eigenvalue weighted by atomic mass is 9.98. The van der Waals surface area contributed by atoms with Gasteiger partial charge < -0.3 is 20.2 Å². The normalized spacial score (nSPS) is 19.2. The lowest BCUT2D eigenvalue weighted by molar-refractivity contribution is -0.119. The minimum Gasteiger partial charge on any atom is -0.450 e. The molecular formula is C16H16N4O3. The Morgan fingerprint density at radius 3 is 3.00 bits per heavy atom. The van der Waals surface area contributed by atoms with Crippen LogP contribution in [0.2, 0.25) is 0 Å². The first kappa shape index (κ1) is 14.0. The minimum absolute atomic E-state index is 0.0295. The van der Waals surface area contributed by atoms with Crippen LogP contribution in [0, 0.1) is 5.92 Å². The van der Waals surface area contributed by atoms with Crippen molar-refractivity contribution >= 4 is 33.8 Å². The van der Waals surface area contributed by atoms with Gasteiger partial charge in [-0.25, -0.2) is 9.97 Å². The molecule has 3 aromatic rings. The second-order valence-corrected chi connectivity index (χ2v) is 5.65. The van der Waals surface area contributed by atoms with Gasteiger partial charge in [0.05, 0.1) is 6.61 Å². The number of nitrogens with one attached hydrogen (secondary N) is 1. The summed E-state index contributed by atoms with van der Waals surface area (Å²) in [7, 11) is 0. The zero-order chi connectivity index (χ0) is 15.8. The molecule has 3 N–H and O–H groups in total. The van der Waals surface area contributed by atoms with Crippen LogP contribution in [-0.4, -0.2) is 35.1 Å². The molecule has 2 aromatic heterocycles. The van der Waals surface area contributed by atoms with Crippen LogP contribution in [0.1, 0.15) is 6.42 Å². The highest BCUT2D eigenvalue weighted by molar-refractivity contribution is 6.05. The first-order valence-corrected chi connectivity index (χ1v) is 7.50. The Morgan fingerprint density at radius 2 is 2.22 bits per heavy atom. The number of rotatable bonds is 4. The molecule has 4 rings (SSSR count). The Labute approximate surface area is 131 Å². The Morgan fingerprint density at radius 1 is 1.35 bits per heavy atom. The van der Waals surface area contributed by atoms with E-state index in [0.29, 0.717) is 30.1 Å². The molecule has 0 radical (unpaired) electrons. The zero-order valence-electron chi connectivity index (χ0n) is 12.4. The monoisotopic (exact) mass is 312 g/mol. The summed E-state index contributed by atoms with van der Waals surface area (Å²) in [6, 6.07) is 7.08. The van der Waals surface area contributed by atoms with E-state index in [0.717, 1.165) is 17.4 Å². The lowest BCUT2D eigenvalue weighted by Gasteiger charge is -2.20. The maximum atomic E-state index is 11.8. The van der Waals surface area contributed by atoms with Crippen LogP contribution in [0.4, 0.5) is 5.82 Å². The second kappa shape index (κ2) is 5.51. The van der Waals surface area contributed by atoms with Crippen molar-refractivity contribution in [3.8, 4) is 0 Å². The number of benzene rings is 1. The van der Waals surface area contributed by atoms with Gasteiger partial charge >= 0.3 is 0 Å². The molecule has 3 heterocycles. The number of para-hydroxylation sites is 1. The van der Waals surface area contributed by atoms with E-state index in [-0.39, 0.29) is 5.92 Å². The maximum absolute atomic E-state index is 11.8. The van der Waals surface area contributed by atoms with Gasteiger partial charge in [-0.1, -0.05) is 12.1 Å². The van der Waals surface area contributed by atoms with Crippen LogP contribution in [0.5, 0.6) is 0 Å². The Kier molecular flexibility index (Phi) is 3.34. The third kappa shape index (κ3) is 2.39. The summed E-state index contributed by atoms with van der Waals surface area (Å²) in [6.45, 7) is 1.15. The molecule has 1 saturated heterocycles. The molecule has 0 saturated carbocycles. The fourth-order valence-electron chi connectivity index (χ4n) is 3.01. The summed E-state index contributed by atoms with van der Waals surface area (Å²) in [6.07, 6.45) is 2.24. The van der Waals surface area contributed by atoms with Crippen molar-refractivity contribution in [2.45, 2.75) is 12.5 Å². The van der Waals surface area contributed by atoms with Crippen LogP contribution < -0.4 is 11.1 Å². The molecule has 2 atom stereocenters. The number of nitrogens with two attached hydrogens (primary N) is 1. The van der Waals surface area contributed by atoms with Gasteiger partial charge in [0.1, 0.15) is 23.5 Å². The third-order valence-electron chi connectivity index (χ3n) is 4.19. The molecule has 7 nitrogen and oxygen atoms in total. The average Bonchev–Trinajstić information content (AvgIpc) is 3.20. The molecule has 1 aliphatic heterocycles. The third-order valence-corrected chi connectivity index (χ3v) is 4.19. The van der Waals surface area contributed by atoms with Crippen LogP contribution in [0.3, 0.4) is 0 Å². The first-order valence-electron chi connectivity index (χ1n) is 7.50. The van der Waals surface area contributed by atoms with E-state index in [2.05, 4.69) is 15.3 Å². The van der Waals surface area contributed by atoms with Crippen LogP contribution in [0.15, 0.2) is 35.0 Å². The predicted molar refractivity (Wildman–Crippen MR) is 84.8 cm³/mol. The number of carbonyl (C=O) groups is 1. The smallest absolute Gasteiger partial charge is 0.240 e. The molecule has 1 fully saturated rings. The number of primary amides is 1. The molecule has 1 aliphatic rings. The molecule has 0 aliphatic carbocycles. The van der Waals surface area contributed by atoms with Gasteiger partial charge in [0.2, 0.25) is 5.91 Å². The van der Waals surface area contributed by atoms with Crippen molar-refractivity contribution in [2.24, 2.45) is 11.7 Å². The van der Waals surface area contributed by atoms with Gasteiger partial charge in [0.15, 0.2) is 11.4 Å². The van der Waals surface area contributed by atoms with Crippen molar-refractivity contribution in [1.82, 2.24) is 9.97 Å². The quantitative estimate of drug-likeness (QED) is 0.759. The van der Waals surface area contributed by atoms with Crippen LogP contribution in [-0.2, 0) is 9.53 Å². The molecule has 0 unspecified atom stereocenters. The van der Waals surface area contributed by atoms with Gasteiger partial charge in [-0.15, -0.1) is 0 Å². The number of anilines is 1. The molecule has 23 heavy (non-hydrogen) atoms. The molecule has 7 heteroatoms. The molecule has 118 valence electrons. The number of aromatic nitrogens is 2. The summed E-state index contributed by atoms with van der Waals surface area (Å²) in [4.78, 5) is 20.4. The zero-order valence-corrected chi connectivity index (χ0v) is 12.4. The largest absolute Gasteiger partial charge is 0.450 e. The Bertz CT molecular complexity index is 870. The van der Waals surface area contributed by atoms with E-state index in [1.54, 1.807) is 0 Å². The summed E-state index contributed by atoms with van der Waals surface area (Å²) in [5.41, 5.74) is 7.52. The van der Waals surface area contributed by atoms with E-state index in [1.807, 2.05) is 24.3 Å². The molecular weight excluding hydrogens is 296 g/mol. The number of hydrogen-bond donors (Lipinski definition) is 2. The number of carbonyl (C=O) groups excluding carboxylic acids is 1. The molecule has 0 spiro atoms. The van der Waals surface area contributed by atoms with E-state index in [9.17, 15) is 4.79 Å². The van der Waals surface area contributed by atoms with Gasteiger partial charge in [0, 0.05) is 17.9 Å². The summed E-state index contributed by atoms with van der Waals surface area (Å²) < 4.78 is 11.2. The molecule has 0 bridgehead atoms. The van der Waals surface area contributed by atoms with Crippen LogP contribution in [0.25, 0.3) is 22.1 Å². The summed E-state index contributed by atoms with van der Waals surface area (Å²) >= 11 is 0. The highest BCUT2D eigenvalue weighted by Gasteiger charge is 2.31. The van der Waals surface area contributed by atoms with Crippen LogP contribution >= 0.6 is 0 Å². The minimum atomic E-state index is -0.552. The standard InChI is InChI=1S/C16H16N4O3/c17-15(21)12(9-5-6-22-7-9)20-16-14-13(18-8-19-16)10-3-1-2-4-11(10)23-14/h1-4,8-9,12H,5-7H2,(H2,17,21)(H,18,19,20)/t9-,12-/m1/s1. The van der Waals surface area contributed by atoms with Crippen molar-refractivity contribution in [2.75, 3.05) is 18.5 Å². The van der Waals surface area contributed by atoms with E-state index >= 15 is 0 Å². The van der Waals surface area contributed by atoms with Gasteiger partial charge in [0.25, 0.3) is 0 Å². The van der Waals surface area contributed by atoms with Gasteiger partial charge in [-0.2, -0.15) is 0 Å². The maximum Gasteiger partial charge on any atom is 0.240 e. The fraction of sp³-hybridized carbons (Fsp3) is 0.312. The fourth-order valence-corrected chi connectivity index (χ4v) is 3.01. The van der Waals surface area contributed by atoms with Crippen molar-refractivity contribution in [1.29, 1.82) is 0 Å². The second-order valence-electron chi connectivity index (χ2n) is 5.65. The van der Waals surface area contributed by atoms with Gasteiger partial charge in [-0.3, -0.25) is 4.79 Å². The first-order chi connectivity index (χ1) is 11.2. The topological polar surface area (TPSA) is 103 Å². The highest BCUT2D eigenvalue weighted by Crippen LogP contribution is 2.31. The Hall–Kier alpha value is -2.67. The summed E-state index contributed by atoms with van der Waals surface area (Å²) in [5.74, 6) is 0.0761. The van der Waals surface area contributed by atoms with Crippen molar-refractivity contribution < 1.29 is 13.9 Å². The number of hydrogen-bond acceptors (Lipinski definition) is 6. The van der Waals surface area contributed by atoms with Crippen molar-refractivity contribution in [3.63, 3.8) is 0 Å². The number of fused-ring (bicyclic) bond motifs is 3. The van der Waals surface area contributed by atoms with Crippen molar-refractivity contribution in [3.05, 3.63) is 30.6 Å². The highest BCUT2D eigenvalue weighted by atomic mass is 16.5. The summed E-state index contributed by atoms with van der Waals surface area (Å²) in [5, 5.41) is 4.03. The number of nitrogens with zero attached hydrogens (tertiary/aromatic N) is 2. The lowest BCUT2D eigenvalue weighted by Crippen LogP contribution is -2.42. The average molecular weight is 312 g/mol. The molecule has 1 amide bonds. The Balaban J connectivity index is 1.77. The van der Waals surface area contributed by atoms with E-state index in [1.165, 1.54) is 6.33 Å². The van der Waals surface area contributed by atoms with E-state index < -0.39 is 11.9 Å². The van der Waals surface area contributed by atoms with E-state index in [4.69, 9.17) is 14.9 Å².